The first-order chi connectivity index (χ1) is 12.1. The standard InChI is InChI=1S/C16H22N4O4S2/c1-16(2,3)13(21)18-14-19-20-15(25-14)26(22,23)17-10-9-11-5-7-12(24-4)8-6-11/h5-8,17H,9-10H2,1-4H3,(H,18,19,21). The maximum Gasteiger partial charge on any atom is 0.269 e. The van der Waals surface area contributed by atoms with Crippen LogP contribution in [0.5, 0.6) is 5.75 Å². The van der Waals surface area contributed by atoms with E-state index in [4.69, 9.17) is 4.74 Å². The van der Waals surface area contributed by atoms with Crippen LogP contribution < -0.4 is 14.8 Å². The number of carbonyl (C=O) groups is 1. The zero-order valence-corrected chi connectivity index (χ0v) is 16.7. The number of amides is 1. The Morgan fingerprint density at radius 3 is 2.42 bits per heavy atom. The van der Waals surface area contributed by atoms with E-state index in [1.165, 1.54) is 0 Å². The van der Waals surface area contributed by atoms with Crippen LogP contribution in [0.25, 0.3) is 0 Å². The first-order valence-corrected chi connectivity index (χ1v) is 10.2. The van der Waals surface area contributed by atoms with E-state index in [0.29, 0.717) is 6.42 Å². The van der Waals surface area contributed by atoms with Gasteiger partial charge in [0.1, 0.15) is 5.75 Å². The van der Waals surface area contributed by atoms with Crippen molar-refractivity contribution in [3.63, 3.8) is 0 Å². The Balaban J connectivity index is 1.94. The van der Waals surface area contributed by atoms with Gasteiger partial charge < -0.3 is 10.1 Å². The van der Waals surface area contributed by atoms with Gasteiger partial charge in [0.2, 0.25) is 15.4 Å². The van der Waals surface area contributed by atoms with E-state index >= 15 is 0 Å². The smallest absolute Gasteiger partial charge is 0.269 e. The summed E-state index contributed by atoms with van der Waals surface area (Å²) in [6, 6.07) is 7.38. The van der Waals surface area contributed by atoms with Crippen LogP contribution in [0.2, 0.25) is 0 Å². The summed E-state index contributed by atoms with van der Waals surface area (Å²) < 4.78 is 31.9. The molecular weight excluding hydrogens is 376 g/mol. The highest BCUT2D eigenvalue weighted by molar-refractivity contribution is 7.91. The second kappa shape index (κ2) is 8.11. The van der Waals surface area contributed by atoms with Crippen LogP contribution in [-0.2, 0) is 21.2 Å². The van der Waals surface area contributed by atoms with Gasteiger partial charge in [-0.25, -0.2) is 13.1 Å². The lowest BCUT2D eigenvalue weighted by molar-refractivity contribution is -0.123. The van der Waals surface area contributed by atoms with E-state index in [0.717, 1.165) is 22.6 Å². The van der Waals surface area contributed by atoms with Crippen molar-refractivity contribution in [2.24, 2.45) is 5.41 Å². The van der Waals surface area contributed by atoms with Crippen molar-refractivity contribution in [2.45, 2.75) is 31.5 Å². The third-order valence-corrected chi connectivity index (χ3v) is 6.07. The van der Waals surface area contributed by atoms with Crippen LogP contribution in [0.15, 0.2) is 28.6 Å². The van der Waals surface area contributed by atoms with E-state index in [2.05, 4.69) is 20.2 Å². The first-order valence-electron chi connectivity index (χ1n) is 7.89. The lowest BCUT2D eigenvalue weighted by atomic mass is 9.96. The molecule has 0 saturated heterocycles. The Hall–Kier alpha value is -2.04. The third-order valence-electron chi connectivity index (χ3n) is 3.40. The Labute approximate surface area is 157 Å². The van der Waals surface area contributed by atoms with Crippen molar-refractivity contribution in [3.8, 4) is 5.75 Å². The molecule has 2 aromatic rings. The number of aromatic nitrogens is 2. The van der Waals surface area contributed by atoms with Crippen molar-refractivity contribution in [1.82, 2.24) is 14.9 Å². The summed E-state index contributed by atoms with van der Waals surface area (Å²) in [5, 5.41) is 10.1. The summed E-state index contributed by atoms with van der Waals surface area (Å²) in [5.74, 6) is 0.484. The maximum absolute atomic E-state index is 12.3. The first kappa shape index (κ1) is 20.3. The molecule has 0 fully saturated rings. The number of hydrogen-bond acceptors (Lipinski definition) is 7. The molecule has 0 radical (unpaired) electrons. The van der Waals surface area contributed by atoms with E-state index in [1.54, 1.807) is 27.9 Å². The zero-order chi connectivity index (χ0) is 19.4. The number of methoxy groups -OCH3 is 1. The fourth-order valence-electron chi connectivity index (χ4n) is 1.84. The average Bonchev–Trinajstić information content (AvgIpc) is 3.04. The summed E-state index contributed by atoms with van der Waals surface area (Å²) >= 11 is 0.814. The third kappa shape index (κ3) is 5.48. The number of rotatable bonds is 7. The molecule has 1 amide bonds. The van der Waals surface area contributed by atoms with Gasteiger partial charge in [0.25, 0.3) is 10.0 Å². The molecule has 0 spiro atoms. The van der Waals surface area contributed by atoms with Gasteiger partial charge in [-0.1, -0.05) is 44.2 Å². The van der Waals surface area contributed by atoms with Crippen LogP contribution in [0.4, 0.5) is 5.13 Å². The monoisotopic (exact) mass is 398 g/mol. The van der Waals surface area contributed by atoms with Crippen molar-refractivity contribution in [2.75, 3.05) is 19.0 Å². The highest BCUT2D eigenvalue weighted by Gasteiger charge is 2.25. The topological polar surface area (TPSA) is 110 Å². The summed E-state index contributed by atoms with van der Waals surface area (Å²) in [7, 11) is -2.19. The molecule has 0 aliphatic heterocycles. The molecule has 1 aromatic carbocycles. The number of carbonyl (C=O) groups excluding carboxylic acids is 1. The largest absolute Gasteiger partial charge is 0.497 e. The number of nitrogens with zero attached hydrogens (tertiary/aromatic N) is 2. The van der Waals surface area contributed by atoms with E-state index in [1.807, 2.05) is 24.3 Å². The predicted molar refractivity (Wildman–Crippen MR) is 99.9 cm³/mol. The summed E-state index contributed by atoms with van der Waals surface area (Å²) in [6.07, 6.45) is 0.523. The fraction of sp³-hybridized carbons (Fsp3) is 0.438. The van der Waals surface area contributed by atoms with E-state index in [-0.39, 0.29) is 21.9 Å². The molecule has 2 rings (SSSR count). The molecule has 0 saturated carbocycles. The number of benzene rings is 1. The number of nitrogens with one attached hydrogen (secondary N) is 2. The molecule has 1 aromatic heterocycles. The Morgan fingerprint density at radius 2 is 1.85 bits per heavy atom. The molecule has 0 aliphatic rings. The van der Waals surface area contributed by atoms with Gasteiger partial charge in [-0.15, -0.1) is 10.2 Å². The Morgan fingerprint density at radius 1 is 1.19 bits per heavy atom. The van der Waals surface area contributed by atoms with Gasteiger partial charge in [-0.05, 0) is 24.1 Å². The van der Waals surface area contributed by atoms with Crippen molar-refractivity contribution in [1.29, 1.82) is 0 Å². The highest BCUT2D eigenvalue weighted by Crippen LogP contribution is 2.22. The van der Waals surface area contributed by atoms with Crippen LogP contribution in [0, 0.1) is 5.41 Å². The van der Waals surface area contributed by atoms with Crippen molar-refractivity contribution >= 4 is 32.4 Å². The molecule has 2 N–H and O–H groups in total. The minimum atomic E-state index is -3.77. The molecule has 8 nitrogen and oxygen atoms in total. The average molecular weight is 399 g/mol. The lowest BCUT2D eigenvalue weighted by Crippen LogP contribution is -2.27. The van der Waals surface area contributed by atoms with Crippen molar-refractivity contribution in [3.05, 3.63) is 29.8 Å². The van der Waals surface area contributed by atoms with Crippen LogP contribution >= 0.6 is 11.3 Å². The Kier molecular flexibility index (Phi) is 6.32. The molecule has 26 heavy (non-hydrogen) atoms. The SMILES string of the molecule is COc1ccc(CCNS(=O)(=O)c2nnc(NC(=O)C(C)(C)C)s2)cc1. The summed E-state index contributed by atoms with van der Waals surface area (Å²) in [5.41, 5.74) is 0.366. The van der Waals surface area contributed by atoms with Gasteiger partial charge in [0, 0.05) is 12.0 Å². The van der Waals surface area contributed by atoms with Gasteiger partial charge in [0.15, 0.2) is 0 Å². The van der Waals surface area contributed by atoms with Crippen LogP contribution in [0.1, 0.15) is 26.3 Å². The molecule has 0 atom stereocenters. The quantitative estimate of drug-likeness (QED) is 0.691. The maximum atomic E-state index is 12.3. The zero-order valence-electron chi connectivity index (χ0n) is 15.1. The highest BCUT2D eigenvalue weighted by atomic mass is 32.2. The molecule has 1 heterocycles. The minimum absolute atomic E-state index is 0.153. The van der Waals surface area contributed by atoms with E-state index in [9.17, 15) is 13.2 Å². The van der Waals surface area contributed by atoms with Gasteiger partial charge in [-0.3, -0.25) is 4.79 Å². The minimum Gasteiger partial charge on any atom is -0.497 e. The summed E-state index contributed by atoms with van der Waals surface area (Å²) in [4.78, 5) is 11.9. The van der Waals surface area contributed by atoms with Crippen LogP contribution in [0.3, 0.4) is 0 Å². The second-order valence-electron chi connectivity index (χ2n) is 6.57. The van der Waals surface area contributed by atoms with Crippen LogP contribution in [-0.4, -0.2) is 38.2 Å². The van der Waals surface area contributed by atoms with Gasteiger partial charge in [0.05, 0.1) is 7.11 Å². The molecule has 0 unspecified atom stereocenters. The molecule has 10 heteroatoms. The number of ether oxygens (including phenoxy) is 1. The number of hydrogen-bond donors (Lipinski definition) is 2. The number of anilines is 1. The number of sulfonamides is 1. The summed E-state index contributed by atoms with van der Waals surface area (Å²) in [6.45, 7) is 5.48. The van der Waals surface area contributed by atoms with E-state index < -0.39 is 15.4 Å². The Bertz CT molecular complexity index is 855. The van der Waals surface area contributed by atoms with Gasteiger partial charge in [-0.2, -0.15) is 0 Å². The predicted octanol–water partition coefficient (Wildman–Crippen LogP) is 2.05. The molecule has 0 bridgehead atoms. The molecular formula is C16H22N4O4S2. The lowest BCUT2D eigenvalue weighted by Gasteiger charge is -2.15. The normalized spacial score (nSPS) is 12.0. The van der Waals surface area contributed by atoms with Crippen molar-refractivity contribution < 1.29 is 17.9 Å². The molecule has 142 valence electrons. The fourth-order valence-corrected chi connectivity index (χ4v) is 3.80. The second-order valence-corrected chi connectivity index (χ2v) is 9.49. The molecule has 0 aliphatic carbocycles. The van der Waals surface area contributed by atoms with Gasteiger partial charge >= 0.3 is 0 Å².